The number of thiazole rings is 1. The number of hydrogen-bond donors (Lipinski definition) is 1. The van der Waals surface area contributed by atoms with E-state index in [0.29, 0.717) is 5.69 Å². The van der Waals surface area contributed by atoms with Gasteiger partial charge in [-0.15, -0.1) is 11.3 Å². The molecule has 1 N–H and O–H groups in total. The zero-order valence-electron chi connectivity index (χ0n) is 20.8. The summed E-state index contributed by atoms with van der Waals surface area (Å²) in [6.07, 6.45) is 0. The van der Waals surface area contributed by atoms with Crippen molar-refractivity contribution in [2.24, 2.45) is 10.2 Å². The van der Waals surface area contributed by atoms with Crippen molar-refractivity contribution in [3.05, 3.63) is 72.3 Å². The Kier molecular flexibility index (Phi) is 9.78. The molecule has 0 atom stereocenters. The van der Waals surface area contributed by atoms with Crippen LogP contribution in [0.25, 0.3) is 31.6 Å². The van der Waals surface area contributed by atoms with Crippen molar-refractivity contribution in [1.29, 1.82) is 0 Å². The molecule has 1 heterocycles. The zero-order valence-corrected chi connectivity index (χ0v) is 27.3. The molecule has 0 fully saturated rings. The molecule has 0 radical (unpaired) electrons. The van der Waals surface area contributed by atoms with E-state index in [1.807, 2.05) is 25.1 Å². The van der Waals surface area contributed by atoms with Crippen LogP contribution < -0.4 is 64.2 Å². The third-order valence-corrected chi connectivity index (χ3v) is 8.34. The predicted octanol–water partition coefficient (Wildman–Crippen LogP) is -0.927. The Morgan fingerprint density at radius 2 is 1.59 bits per heavy atom. The summed E-state index contributed by atoms with van der Waals surface area (Å²) in [4.78, 5) is 2.92. The average Bonchev–Trinajstić information content (AvgIpc) is 3.25. The van der Waals surface area contributed by atoms with Crippen LogP contribution in [0.2, 0.25) is 0 Å². The Balaban J connectivity index is 0.00000210. The van der Waals surface area contributed by atoms with Crippen LogP contribution >= 0.6 is 11.3 Å². The van der Waals surface area contributed by atoms with E-state index < -0.39 is 52.2 Å². The van der Waals surface area contributed by atoms with Crippen LogP contribution in [0.3, 0.4) is 0 Å². The Morgan fingerprint density at radius 1 is 0.897 bits per heavy atom. The second-order valence-corrected chi connectivity index (χ2v) is 11.8. The number of fused-ring (bicyclic) bond motifs is 2. The Labute approximate surface area is 271 Å². The van der Waals surface area contributed by atoms with E-state index >= 15 is 0 Å². The standard InChI is InChI=1S/C24H17N3O7S3.2Na/c1-13-5-10-17-19(11-13)35-24(25-17)14-6-8-15(9-7-14)26-27-18-12-21(37(32,33)34)16-3-2-4-20(36(29,30)31)22(16)23(18)28;;/h2-12,28H,1H3,(H,29,30,31)(H,32,33,34);;/q;2*+1/p-2. The summed E-state index contributed by atoms with van der Waals surface area (Å²) in [5.41, 5.74) is 2.57. The fraction of sp³-hybridized carbons (Fsp3) is 0.0417. The van der Waals surface area contributed by atoms with Crippen LogP contribution in [0.15, 0.2) is 86.7 Å². The Morgan fingerprint density at radius 3 is 2.23 bits per heavy atom. The molecule has 39 heavy (non-hydrogen) atoms. The van der Waals surface area contributed by atoms with Crippen LogP contribution in [0.4, 0.5) is 11.4 Å². The van der Waals surface area contributed by atoms with Gasteiger partial charge in [0.1, 0.15) is 20.0 Å². The van der Waals surface area contributed by atoms with E-state index in [-0.39, 0.29) is 59.1 Å². The first-order valence-corrected chi connectivity index (χ1v) is 14.2. The molecule has 1 aromatic heterocycles. The third-order valence-electron chi connectivity index (χ3n) is 5.50. The molecule has 188 valence electrons. The van der Waals surface area contributed by atoms with Crippen molar-refractivity contribution < 1.29 is 90.2 Å². The zero-order chi connectivity index (χ0) is 26.5. The number of hydrogen-bond acceptors (Lipinski definition) is 10. The monoisotopic (exact) mass is 599 g/mol. The van der Waals surface area contributed by atoms with Gasteiger partial charge in [0.05, 0.1) is 26.5 Å². The van der Waals surface area contributed by atoms with Gasteiger partial charge in [0.2, 0.25) is 0 Å². The van der Waals surface area contributed by atoms with Gasteiger partial charge in [-0.25, -0.2) is 13.4 Å². The van der Waals surface area contributed by atoms with Crippen LogP contribution in [0.1, 0.15) is 5.56 Å². The largest absolute Gasteiger partial charge is 1.00 e. The van der Waals surface area contributed by atoms with Gasteiger partial charge < -0.3 is 9.66 Å². The molecule has 0 spiro atoms. The van der Waals surface area contributed by atoms with Crippen LogP contribution in [0.5, 0.6) is 5.75 Å². The Hall–Kier alpha value is -1.75. The van der Waals surface area contributed by atoms with E-state index in [4.69, 9.17) is 0 Å². The molecule has 0 aliphatic heterocycles. The number of aromatic nitrogens is 1. The molecule has 0 saturated carbocycles. The quantitative estimate of drug-likeness (QED) is 0.153. The van der Waals surface area contributed by atoms with Gasteiger partial charge in [-0.1, -0.05) is 23.9 Å². The predicted molar refractivity (Wildman–Crippen MR) is 135 cm³/mol. The van der Waals surface area contributed by atoms with Crippen molar-refractivity contribution in [3.8, 4) is 16.3 Å². The molecule has 5 rings (SSSR count). The molecule has 15 heteroatoms. The summed E-state index contributed by atoms with van der Waals surface area (Å²) in [5, 5.41) is 20.4. The van der Waals surface area contributed by atoms with Gasteiger partial charge in [-0.05, 0) is 66.4 Å². The van der Waals surface area contributed by atoms with E-state index in [1.54, 1.807) is 24.3 Å². The average molecular weight is 600 g/mol. The summed E-state index contributed by atoms with van der Waals surface area (Å²) in [5.74, 6) is -1.03. The summed E-state index contributed by atoms with van der Waals surface area (Å²) in [6.45, 7) is 2.00. The summed E-state index contributed by atoms with van der Waals surface area (Å²) in [6, 6.07) is 16.6. The smallest absolute Gasteiger partial charge is 0.871 e. The van der Waals surface area contributed by atoms with Crippen molar-refractivity contribution in [2.45, 2.75) is 16.7 Å². The number of aryl methyl sites for hydroxylation is 1. The molecule has 0 aliphatic rings. The first-order valence-electron chi connectivity index (χ1n) is 10.5. The van der Waals surface area contributed by atoms with E-state index in [1.165, 1.54) is 11.3 Å². The summed E-state index contributed by atoms with van der Waals surface area (Å²) < 4.78 is 69.7. The first kappa shape index (κ1) is 31.8. The molecule has 5 aromatic rings. The van der Waals surface area contributed by atoms with Crippen molar-refractivity contribution in [3.63, 3.8) is 0 Å². The third kappa shape index (κ3) is 6.60. The first-order chi connectivity index (χ1) is 17.4. The SMILES string of the molecule is Cc1ccc2nc(-c3ccc(N=Nc4cc(S(=O)(=O)O)c5cccc(S(=O)(=O)[O-])c5c4[O-])cc3)sc2c1.[Na+].[Na+]. The minimum Gasteiger partial charge on any atom is -0.871 e. The van der Waals surface area contributed by atoms with Crippen molar-refractivity contribution >= 4 is 63.9 Å². The van der Waals surface area contributed by atoms with Gasteiger partial charge in [0.15, 0.2) is 0 Å². The molecule has 0 saturated heterocycles. The molecule has 0 aliphatic carbocycles. The molecule has 0 amide bonds. The topological polar surface area (TPSA) is 172 Å². The number of rotatable bonds is 5. The van der Waals surface area contributed by atoms with Gasteiger partial charge in [-0.3, -0.25) is 4.55 Å². The maximum atomic E-state index is 13.0. The van der Waals surface area contributed by atoms with Crippen LogP contribution in [-0.2, 0) is 20.2 Å². The Bertz CT molecular complexity index is 1960. The molecule has 0 bridgehead atoms. The van der Waals surface area contributed by atoms with Crippen LogP contribution in [0, 0.1) is 6.92 Å². The van der Waals surface area contributed by atoms with Gasteiger partial charge >= 0.3 is 59.1 Å². The molecular weight excluding hydrogens is 584 g/mol. The van der Waals surface area contributed by atoms with Gasteiger partial charge in [-0.2, -0.15) is 18.6 Å². The van der Waals surface area contributed by atoms with Gasteiger partial charge in [0, 0.05) is 10.9 Å². The van der Waals surface area contributed by atoms with Gasteiger partial charge in [0.25, 0.3) is 10.1 Å². The minimum atomic E-state index is -5.15. The van der Waals surface area contributed by atoms with Crippen molar-refractivity contribution in [2.75, 3.05) is 0 Å². The normalized spacial score (nSPS) is 12.0. The summed E-state index contributed by atoms with van der Waals surface area (Å²) in [7, 11) is -10.1. The fourth-order valence-electron chi connectivity index (χ4n) is 3.80. The minimum absolute atomic E-state index is 0. The molecular formula is C24H15N3Na2O7S3. The number of nitrogens with zero attached hydrogens (tertiary/aromatic N) is 3. The van der Waals surface area contributed by atoms with E-state index in [9.17, 15) is 31.0 Å². The molecule has 10 nitrogen and oxygen atoms in total. The molecule has 0 unspecified atom stereocenters. The maximum absolute atomic E-state index is 13.0. The maximum Gasteiger partial charge on any atom is 1.00 e. The fourth-order valence-corrected chi connectivity index (χ4v) is 6.28. The van der Waals surface area contributed by atoms with Crippen LogP contribution in [-0.4, -0.2) is 30.9 Å². The van der Waals surface area contributed by atoms with E-state index in [0.717, 1.165) is 50.6 Å². The summed E-state index contributed by atoms with van der Waals surface area (Å²) >= 11 is 1.53. The van der Waals surface area contributed by atoms with E-state index in [2.05, 4.69) is 15.2 Å². The van der Waals surface area contributed by atoms with Crippen molar-refractivity contribution in [1.82, 2.24) is 4.98 Å². The second kappa shape index (κ2) is 12.0. The number of azo groups is 1. The second-order valence-electron chi connectivity index (χ2n) is 8.07. The number of benzene rings is 4. The molecule has 4 aromatic carbocycles.